The SMILES string of the molecule is COC(=O)c1cccc(-c2nnc(CN3N=C(C4CCCCC4)c4ccccc4N(CC(=O)C(C)(C)C)C3=O)o2)c1. The van der Waals surface area contributed by atoms with E-state index in [-0.39, 0.29) is 36.6 Å². The number of para-hydroxylation sites is 1. The Morgan fingerprint density at radius 3 is 2.51 bits per heavy atom. The van der Waals surface area contributed by atoms with Gasteiger partial charge in [0.1, 0.15) is 6.54 Å². The first-order valence-corrected chi connectivity index (χ1v) is 14.0. The quantitative estimate of drug-likeness (QED) is 0.334. The zero-order valence-electron chi connectivity index (χ0n) is 23.9. The average Bonchev–Trinajstić information content (AvgIpc) is 3.42. The number of aromatic nitrogens is 2. The molecule has 0 N–H and O–H groups in total. The van der Waals surface area contributed by atoms with Crippen LogP contribution in [0.4, 0.5) is 10.5 Å². The van der Waals surface area contributed by atoms with Gasteiger partial charge in [0.2, 0.25) is 11.8 Å². The molecule has 0 unspecified atom stereocenters. The number of urea groups is 1. The van der Waals surface area contributed by atoms with Gasteiger partial charge >= 0.3 is 12.0 Å². The van der Waals surface area contributed by atoms with E-state index in [2.05, 4.69) is 10.2 Å². The largest absolute Gasteiger partial charge is 0.465 e. The van der Waals surface area contributed by atoms with Crippen molar-refractivity contribution < 1.29 is 23.5 Å². The number of hydrazone groups is 1. The van der Waals surface area contributed by atoms with Gasteiger partial charge in [0, 0.05) is 22.5 Å². The highest BCUT2D eigenvalue weighted by atomic mass is 16.5. The predicted octanol–water partition coefficient (Wildman–Crippen LogP) is 5.87. The zero-order chi connectivity index (χ0) is 29.1. The Labute approximate surface area is 239 Å². The van der Waals surface area contributed by atoms with Crippen molar-refractivity contribution in [2.75, 3.05) is 18.6 Å². The Balaban J connectivity index is 1.51. The molecule has 1 saturated carbocycles. The maximum atomic E-state index is 14.1. The standard InChI is InChI=1S/C31H35N5O5/c1-31(2,3)25(37)18-35-24-16-9-8-15-23(24)27(20-11-6-5-7-12-20)34-36(30(35)39)19-26-32-33-28(41-26)21-13-10-14-22(17-21)29(38)40-4/h8-10,13-17,20H,5-7,11-12,18-19H2,1-4H3. The number of Topliss-reactive ketones (excluding diaryl/α,β-unsaturated/α-hetero) is 1. The lowest BCUT2D eigenvalue weighted by atomic mass is 9.83. The monoisotopic (exact) mass is 557 g/mol. The van der Waals surface area contributed by atoms with Crippen LogP contribution in [0.5, 0.6) is 0 Å². The third-order valence-corrected chi connectivity index (χ3v) is 7.56. The van der Waals surface area contributed by atoms with Gasteiger partial charge in [-0.1, -0.05) is 64.3 Å². The highest BCUT2D eigenvalue weighted by Gasteiger charge is 2.36. The van der Waals surface area contributed by atoms with Crippen LogP contribution in [0.2, 0.25) is 0 Å². The Morgan fingerprint density at radius 1 is 1.02 bits per heavy atom. The summed E-state index contributed by atoms with van der Waals surface area (Å²) in [5.74, 6) is 0.0324. The number of amides is 2. The zero-order valence-corrected chi connectivity index (χ0v) is 23.9. The van der Waals surface area contributed by atoms with Crippen LogP contribution < -0.4 is 4.90 Å². The smallest absolute Gasteiger partial charge is 0.345 e. The number of methoxy groups -OCH3 is 1. The summed E-state index contributed by atoms with van der Waals surface area (Å²) in [6.45, 7) is 5.38. The van der Waals surface area contributed by atoms with Crippen molar-refractivity contribution in [1.82, 2.24) is 15.2 Å². The maximum Gasteiger partial charge on any atom is 0.345 e. The van der Waals surface area contributed by atoms with E-state index >= 15 is 0 Å². The number of anilines is 1. The topological polar surface area (TPSA) is 118 Å². The van der Waals surface area contributed by atoms with Gasteiger partial charge in [-0.25, -0.2) is 14.6 Å². The van der Waals surface area contributed by atoms with Crippen molar-refractivity contribution in [1.29, 1.82) is 0 Å². The number of fused-ring (bicyclic) bond motifs is 1. The first kappa shape index (κ1) is 28.2. The molecule has 10 nitrogen and oxygen atoms in total. The molecule has 1 aromatic heterocycles. The van der Waals surface area contributed by atoms with Gasteiger partial charge < -0.3 is 9.15 Å². The molecule has 41 heavy (non-hydrogen) atoms. The van der Waals surface area contributed by atoms with E-state index in [1.54, 1.807) is 24.3 Å². The van der Waals surface area contributed by atoms with Crippen molar-refractivity contribution in [3.63, 3.8) is 0 Å². The lowest BCUT2D eigenvalue weighted by Gasteiger charge is -2.28. The fourth-order valence-corrected chi connectivity index (χ4v) is 5.17. The summed E-state index contributed by atoms with van der Waals surface area (Å²) in [5, 5.41) is 14.6. The minimum Gasteiger partial charge on any atom is -0.465 e. The second kappa shape index (κ2) is 11.6. The van der Waals surface area contributed by atoms with E-state index in [4.69, 9.17) is 14.3 Å². The number of hydrogen-bond donors (Lipinski definition) is 0. The Kier molecular flexibility index (Phi) is 8.01. The van der Waals surface area contributed by atoms with E-state index in [1.807, 2.05) is 45.0 Å². The Bertz CT molecular complexity index is 1480. The normalized spacial score (nSPS) is 16.2. The van der Waals surface area contributed by atoms with Crippen molar-refractivity contribution in [2.24, 2.45) is 16.4 Å². The van der Waals surface area contributed by atoms with Crippen molar-refractivity contribution >= 4 is 29.2 Å². The minimum atomic E-state index is -0.625. The molecular weight excluding hydrogens is 522 g/mol. The molecule has 0 radical (unpaired) electrons. The van der Waals surface area contributed by atoms with E-state index in [9.17, 15) is 14.4 Å². The van der Waals surface area contributed by atoms with Crippen molar-refractivity contribution in [3.8, 4) is 11.5 Å². The van der Waals surface area contributed by atoms with Crippen molar-refractivity contribution in [3.05, 3.63) is 65.5 Å². The molecule has 1 aliphatic heterocycles. The van der Waals surface area contributed by atoms with Crippen LogP contribution in [0, 0.1) is 11.3 Å². The second-order valence-corrected chi connectivity index (χ2v) is 11.5. The molecule has 1 aliphatic carbocycles. The summed E-state index contributed by atoms with van der Waals surface area (Å²) in [5.41, 5.74) is 2.65. The molecular formula is C31H35N5O5. The second-order valence-electron chi connectivity index (χ2n) is 11.5. The average molecular weight is 558 g/mol. The number of ether oxygens (including phenoxy) is 1. The fraction of sp³-hybridized carbons (Fsp3) is 0.419. The molecule has 10 heteroatoms. The van der Waals surface area contributed by atoms with E-state index < -0.39 is 17.4 Å². The number of hydrogen-bond acceptors (Lipinski definition) is 8. The Morgan fingerprint density at radius 2 is 1.78 bits per heavy atom. The number of ketones is 1. The number of benzene rings is 2. The van der Waals surface area contributed by atoms with Crippen LogP contribution in [0.15, 0.2) is 58.0 Å². The summed E-state index contributed by atoms with van der Waals surface area (Å²) >= 11 is 0. The van der Waals surface area contributed by atoms with Crippen LogP contribution in [-0.2, 0) is 16.1 Å². The first-order valence-electron chi connectivity index (χ1n) is 14.0. The number of rotatable bonds is 7. The van der Waals surface area contributed by atoms with Crippen LogP contribution in [0.3, 0.4) is 0 Å². The lowest BCUT2D eigenvalue weighted by Crippen LogP contribution is -2.45. The Hall–Kier alpha value is -4.34. The van der Waals surface area contributed by atoms with Crippen LogP contribution in [-0.4, -0.2) is 52.4 Å². The lowest BCUT2D eigenvalue weighted by molar-refractivity contribution is -0.124. The number of carbonyl (C=O) groups excluding carboxylic acids is 3. The molecule has 0 saturated heterocycles. The molecule has 0 spiro atoms. The van der Waals surface area contributed by atoms with Crippen LogP contribution in [0.25, 0.3) is 11.5 Å². The molecule has 2 aromatic carbocycles. The molecule has 3 aromatic rings. The van der Waals surface area contributed by atoms with Gasteiger partial charge in [-0.15, -0.1) is 10.2 Å². The van der Waals surface area contributed by atoms with Gasteiger partial charge in [0.15, 0.2) is 5.78 Å². The first-order chi connectivity index (χ1) is 19.7. The highest BCUT2D eigenvalue weighted by Crippen LogP contribution is 2.35. The summed E-state index contributed by atoms with van der Waals surface area (Å²) in [6.07, 6.45) is 5.35. The van der Waals surface area contributed by atoms with Crippen LogP contribution >= 0.6 is 0 Å². The molecule has 2 amide bonds. The summed E-state index contributed by atoms with van der Waals surface area (Å²) in [7, 11) is 1.32. The van der Waals surface area contributed by atoms with Gasteiger partial charge in [0.05, 0.1) is 30.6 Å². The van der Waals surface area contributed by atoms with E-state index in [0.29, 0.717) is 16.8 Å². The molecule has 1 fully saturated rings. The van der Waals surface area contributed by atoms with Gasteiger partial charge in [-0.3, -0.25) is 9.69 Å². The number of carbonyl (C=O) groups is 3. The number of esters is 1. The highest BCUT2D eigenvalue weighted by molar-refractivity contribution is 6.13. The van der Waals surface area contributed by atoms with Gasteiger partial charge in [0.25, 0.3) is 0 Å². The number of nitrogens with zero attached hydrogens (tertiary/aromatic N) is 5. The maximum absolute atomic E-state index is 14.1. The molecule has 5 rings (SSSR count). The van der Waals surface area contributed by atoms with Crippen molar-refractivity contribution in [2.45, 2.75) is 59.4 Å². The van der Waals surface area contributed by atoms with E-state index in [1.165, 1.54) is 23.4 Å². The minimum absolute atomic E-state index is 0.0627. The molecule has 2 heterocycles. The fourth-order valence-electron chi connectivity index (χ4n) is 5.17. The molecule has 2 aliphatic rings. The third kappa shape index (κ3) is 6.06. The summed E-state index contributed by atoms with van der Waals surface area (Å²) in [6, 6.07) is 13.9. The predicted molar refractivity (Wildman–Crippen MR) is 153 cm³/mol. The molecule has 214 valence electrons. The van der Waals surface area contributed by atoms with E-state index in [0.717, 1.165) is 37.0 Å². The molecule has 0 atom stereocenters. The van der Waals surface area contributed by atoms with Gasteiger partial charge in [-0.2, -0.15) is 5.10 Å². The summed E-state index contributed by atoms with van der Waals surface area (Å²) < 4.78 is 10.7. The summed E-state index contributed by atoms with van der Waals surface area (Å²) in [4.78, 5) is 40.8. The molecule has 0 bridgehead atoms. The third-order valence-electron chi connectivity index (χ3n) is 7.56. The van der Waals surface area contributed by atoms with Gasteiger partial charge in [-0.05, 0) is 37.1 Å². The van der Waals surface area contributed by atoms with Crippen LogP contribution in [0.1, 0.15) is 74.7 Å².